The molecule has 5 rings (SSSR count). The molecule has 0 unspecified atom stereocenters. The first kappa shape index (κ1) is 27.3. The second-order valence-electron chi connectivity index (χ2n) is 12.0. The average Bonchev–Trinajstić information content (AvgIpc) is 3.40. The number of benzene rings is 2. The number of ether oxygens (including phenoxy) is 1. The number of amides is 2. The SMILES string of the molecule is CN(C)C1CN(C(=O)c2ccc3nc(CNC(=O)C4(CC(=O)OC(C)(C)C)Cc5ccccc5C4)sc3c2)C1. The molecule has 0 spiro atoms. The lowest BCUT2D eigenvalue weighted by Gasteiger charge is -2.42. The van der Waals surface area contributed by atoms with Gasteiger partial charge in [0.2, 0.25) is 5.91 Å². The number of likely N-dealkylation sites (N-methyl/N-ethyl adjacent to an activating group) is 1. The molecule has 206 valence electrons. The van der Waals surface area contributed by atoms with Crippen LogP contribution in [0.25, 0.3) is 10.2 Å². The van der Waals surface area contributed by atoms with Gasteiger partial charge in [0, 0.05) is 24.7 Å². The van der Waals surface area contributed by atoms with E-state index in [4.69, 9.17) is 4.74 Å². The van der Waals surface area contributed by atoms with Gasteiger partial charge in [0.05, 0.1) is 28.6 Å². The van der Waals surface area contributed by atoms with Crippen molar-refractivity contribution in [1.82, 2.24) is 20.1 Å². The summed E-state index contributed by atoms with van der Waals surface area (Å²) in [6.45, 7) is 7.22. The minimum atomic E-state index is -0.899. The van der Waals surface area contributed by atoms with Gasteiger partial charge in [-0.2, -0.15) is 0 Å². The van der Waals surface area contributed by atoms with Crippen molar-refractivity contribution in [1.29, 1.82) is 0 Å². The summed E-state index contributed by atoms with van der Waals surface area (Å²) in [4.78, 5) is 48.1. The Bertz CT molecular complexity index is 1390. The standard InChI is InChI=1S/C30H36N4O4S/c1-29(2,3)38-26(35)15-30(13-20-8-6-7-9-21(20)14-30)28(37)31-16-25-32-23-11-10-19(12-24(23)39-25)27(36)34-17-22(18-34)33(4)5/h6-12,22H,13-18H2,1-5H3,(H,31,37). The quantitative estimate of drug-likeness (QED) is 0.452. The zero-order valence-electron chi connectivity index (χ0n) is 23.2. The van der Waals surface area contributed by atoms with E-state index in [9.17, 15) is 14.4 Å². The van der Waals surface area contributed by atoms with Crippen LogP contribution in [-0.4, -0.2) is 71.4 Å². The second kappa shape index (κ2) is 10.4. The van der Waals surface area contributed by atoms with Crippen LogP contribution in [0.4, 0.5) is 0 Å². The monoisotopic (exact) mass is 548 g/mol. The smallest absolute Gasteiger partial charge is 0.307 e. The van der Waals surface area contributed by atoms with Gasteiger partial charge in [0.1, 0.15) is 10.6 Å². The number of nitrogens with one attached hydrogen (secondary N) is 1. The van der Waals surface area contributed by atoms with Gasteiger partial charge in [-0.15, -0.1) is 11.3 Å². The number of nitrogens with zero attached hydrogens (tertiary/aromatic N) is 3. The van der Waals surface area contributed by atoms with Gasteiger partial charge >= 0.3 is 5.97 Å². The molecule has 2 aromatic carbocycles. The number of rotatable bonds is 7. The molecular formula is C30H36N4O4S. The first-order valence-electron chi connectivity index (χ1n) is 13.3. The van der Waals surface area contributed by atoms with Crippen LogP contribution in [0.5, 0.6) is 0 Å². The van der Waals surface area contributed by atoms with Crippen LogP contribution in [-0.2, 0) is 33.7 Å². The van der Waals surface area contributed by atoms with Gasteiger partial charge in [-0.3, -0.25) is 14.4 Å². The van der Waals surface area contributed by atoms with Crippen molar-refractivity contribution in [2.24, 2.45) is 5.41 Å². The number of likely N-dealkylation sites (tertiary alicyclic amines) is 1. The molecule has 0 atom stereocenters. The number of carbonyl (C=O) groups is 3. The first-order chi connectivity index (χ1) is 18.4. The molecule has 1 aliphatic carbocycles. The Balaban J connectivity index is 1.28. The molecule has 3 aromatic rings. The molecule has 2 heterocycles. The summed E-state index contributed by atoms with van der Waals surface area (Å²) in [7, 11) is 4.06. The van der Waals surface area contributed by atoms with Crippen LogP contribution in [0.1, 0.15) is 53.7 Å². The van der Waals surface area contributed by atoms with Gasteiger partial charge < -0.3 is 19.9 Å². The predicted molar refractivity (Wildman–Crippen MR) is 152 cm³/mol. The fourth-order valence-corrected chi connectivity index (χ4v) is 6.31. The number of carbonyl (C=O) groups excluding carboxylic acids is 3. The van der Waals surface area contributed by atoms with Crippen molar-refractivity contribution in [3.63, 3.8) is 0 Å². The zero-order chi connectivity index (χ0) is 27.9. The molecule has 1 fully saturated rings. The minimum absolute atomic E-state index is 0.0152. The minimum Gasteiger partial charge on any atom is -0.460 e. The fourth-order valence-electron chi connectivity index (χ4n) is 5.37. The molecule has 8 nitrogen and oxygen atoms in total. The van der Waals surface area contributed by atoms with Crippen molar-refractivity contribution in [3.05, 3.63) is 64.2 Å². The number of hydrogen-bond donors (Lipinski definition) is 1. The average molecular weight is 549 g/mol. The third kappa shape index (κ3) is 5.84. The molecule has 0 bridgehead atoms. The highest BCUT2D eigenvalue weighted by molar-refractivity contribution is 7.18. The third-order valence-electron chi connectivity index (χ3n) is 7.52. The Morgan fingerprint density at radius 2 is 1.77 bits per heavy atom. The van der Waals surface area contributed by atoms with Crippen molar-refractivity contribution >= 4 is 39.3 Å². The summed E-state index contributed by atoms with van der Waals surface area (Å²) in [5.74, 6) is -0.516. The summed E-state index contributed by atoms with van der Waals surface area (Å²) in [6, 6.07) is 13.9. The first-order valence-corrected chi connectivity index (χ1v) is 14.2. The van der Waals surface area contributed by atoms with Gasteiger partial charge in [-0.1, -0.05) is 24.3 Å². The van der Waals surface area contributed by atoms with Gasteiger partial charge in [0.25, 0.3) is 5.91 Å². The summed E-state index contributed by atoms with van der Waals surface area (Å²) in [5.41, 5.74) is 2.11. The molecule has 2 aliphatic rings. The van der Waals surface area contributed by atoms with E-state index >= 15 is 0 Å². The summed E-state index contributed by atoms with van der Waals surface area (Å²) in [6.07, 6.45) is 0.997. The predicted octanol–water partition coefficient (Wildman–Crippen LogP) is 3.82. The van der Waals surface area contributed by atoms with Crippen LogP contribution in [0.2, 0.25) is 0 Å². The van der Waals surface area contributed by atoms with Crippen LogP contribution in [0, 0.1) is 5.41 Å². The van der Waals surface area contributed by atoms with Crippen LogP contribution >= 0.6 is 11.3 Å². The lowest BCUT2D eigenvalue weighted by atomic mass is 9.80. The highest BCUT2D eigenvalue weighted by atomic mass is 32.1. The maximum Gasteiger partial charge on any atom is 0.307 e. The lowest BCUT2D eigenvalue weighted by molar-refractivity contribution is -0.160. The molecule has 1 aromatic heterocycles. The highest BCUT2D eigenvalue weighted by Gasteiger charge is 2.46. The number of aromatic nitrogens is 1. The van der Waals surface area contributed by atoms with Gasteiger partial charge in [-0.25, -0.2) is 4.98 Å². The van der Waals surface area contributed by atoms with E-state index in [0.717, 1.165) is 39.4 Å². The number of thiazole rings is 1. The topological polar surface area (TPSA) is 91.8 Å². The molecule has 9 heteroatoms. The summed E-state index contributed by atoms with van der Waals surface area (Å²) in [5, 5.41) is 3.81. The maximum atomic E-state index is 13.7. The Labute approximate surface area is 233 Å². The van der Waals surface area contributed by atoms with E-state index in [0.29, 0.717) is 24.4 Å². The molecule has 0 radical (unpaired) electrons. The summed E-state index contributed by atoms with van der Waals surface area (Å²) >= 11 is 1.47. The zero-order valence-corrected chi connectivity index (χ0v) is 24.1. The van der Waals surface area contributed by atoms with E-state index < -0.39 is 11.0 Å². The van der Waals surface area contributed by atoms with Crippen molar-refractivity contribution in [2.45, 2.75) is 58.2 Å². The fraction of sp³-hybridized carbons (Fsp3) is 0.467. The van der Waals surface area contributed by atoms with Crippen molar-refractivity contribution in [2.75, 3.05) is 27.2 Å². The van der Waals surface area contributed by atoms with Crippen LogP contribution in [0.3, 0.4) is 0 Å². The Hall–Kier alpha value is -3.30. The molecule has 39 heavy (non-hydrogen) atoms. The van der Waals surface area contributed by atoms with E-state index in [1.807, 2.05) is 82.2 Å². The maximum absolute atomic E-state index is 13.7. The molecule has 1 saturated heterocycles. The van der Waals surface area contributed by atoms with E-state index in [1.165, 1.54) is 11.3 Å². The Morgan fingerprint density at radius 3 is 2.38 bits per heavy atom. The van der Waals surface area contributed by atoms with Crippen LogP contribution < -0.4 is 5.32 Å². The normalized spacial score (nSPS) is 16.7. The van der Waals surface area contributed by atoms with Gasteiger partial charge in [-0.05, 0) is 77.0 Å². The van der Waals surface area contributed by atoms with Crippen molar-refractivity contribution < 1.29 is 19.1 Å². The Kier molecular flexibility index (Phi) is 7.24. The number of hydrogen-bond acceptors (Lipinski definition) is 7. The largest absolute Gasteiger partial charge is 0.460 e. The Morgan fingerprint density at radius 1 is 1.10 bits per heavy atom. The lowest BCUT2D eigenvalue weighted by Crippen LogP contribution is -2.59. The summed E-state index contributed by atoms with van der Waals surface area (Å²) < 4.78 is 6.50. The van der Waals surface area contributed by atoms with Crippen LogP contribution in [0.15, 0.2) is 42.5 Å². The van der Waals surface area contributed by atoms with E-state index in [1.54, 1.807) is 0 Å². The molecular weight excluding hydrogens is 512 g/mol. The number of esters is 1. The van der Waals surface area contributed by atoms with E-state index in [2.05, 4.69) is 15.2 Å². The molecule has 2 amide bonds. The molecule has 1 aliphatic heterocycles. The highest BCUT2D eigenvalue weighted by Crippen LogP contribution is 2.41. The van der Waals surface area contributed by atoms with Gasteiger partial charge in [0.15, 0.2) is 0 Å². The van der Waals surface area contributed by atoms with Crippen molar-refractivity contribution in [3.8, 4) is 0 Å². The number of fused-ring (bicyclic) bond motifs is 2. The van der Waals surface area contributed by atoms with E-state index in [-0.39, 0.29) is 30.7 Å². The second-order valence-corrected chi connectivity index (χ2v) is 13.1. The third-order valence-corrected chi connectivity index (χ3v) is 8.54. The molecule has 1 N–H and O–H groups in total. The molecule has 0 saturated carbocycles.